The molecule has 0 aliphatic carbocycles. The van der Waals surface area contributed by atoms with Gasteiger partial charge in [0.15, 0.2) is 4.77 Å². The van der Waals surface area contributed by atoms with Crippen LogP contribution in [0.1, 0.15) is 15.9 Å². The molecule has 0 fully saturated rings. The molecule has 0 bridgehead atoms. The lowest BCUT2D eigenvalue weighted by Gasteiger charge is -2.09. The van der Waals surface area contributed by atoms with Gasteiger partial charge in [0.25, 0.3) is 11.5 Å². The summed E-state index contributed by atoms with van der Waals surface area (Å²) >= 11 is 4.96. The van der Waals surface area contributed by atoms with E-state index in [2.05, 4.69) is 15.3 Å². The molecule has 0 aliphatic heterocycles. The number of aromatic nitrogens is 2. The average molecular weight is 341 g/mol. The van der Waals surface area contributed by atoms with Gasteiger partial charge in [-0.3, -0.25) is 14.6 Å². The van der Waals surface area contributed by atoms with Crippen molar-refractivity contribution in [3.05, 3.63) is 62.6 Å². The van der Waals surface area contributed by atoms with E-state index in [4.69, 9.17) is 17.0 Å². The first-order valence-electron chi connectivity index (χ1n) is 7.20. The van der Waals surface area contributed by atoms with Crippen molar-refractivity contribution in [2.45, 2.75) is 6.92 Å². The van der Waals surface area contributed by atoms with Crippen molar-refractivity contribution in [1.82, 2.24) is 9.97 Å². The molecule has 3 aromatic rings. The van der Waals surface area contributed by atoms with Crippen LogP contribution < -0.4 is 15.6 Å². The van der Waals surface area contributed by atoms with Crippen molar-refractivity contribution in [3.63, 3.8) is 0 Å². The fourth-order valence-corrected chi connectivity index (χ4v) is 2.67. The minimum Gasteiger partial charge on any atom is -0.496 e. The standard InChI is InChI=1S/C17H15N3O3S/c1-9-7-11(4-6-14(9)23-2)18-15(21)10-3-5-12-13(8-10)19-17(24)20-16(12)22/h3-8H,1-2H3,(H,18,21)(H2,19,20,22,24). The van der Waals surface area contributed by atoms with E-state index in [1.54, 1.807) is 37.4 Å². The van der Waals surface area contributed by atoms with Gasteiger partial charge in [0, 0.05) is 11.3 Å². The summed E-state index contributed by atoms with van der Waals surface area (Å²) in [6.45, 7) is 1.90. The number of carbonyl (C=O) groups is 1. The second kappa shape index (κ2) is 6.29. The number of rotatable bonds is 3. The fraction of sp³-hybridized carbons (Fsp3) is 0.118. The smallest absolute Gasteiger partial charge is 0.259 e. The third kappa shape index (κ3) is 3.07. The van der Waals surface area contributed by atoms with Gasteiger partial charge in [0.05, 0.1) is 18.0 Å². The lowest BCUT2D eigenvalue weighted by Crippen LogP contribution is -2.13. The van der Waals surface area contributed by atoms with Crippen molar-refractivity contribution in [3.8, 4) is 5.75 Å². The highest BCUT2D eigenvalue weighted by molar-refractivity contribution is 7.71. The second-order valence-corrected chi connectivity index (χ2v) is 5.72. The van der Waals surface area contributed by atoms with Gasteiger partial charge in [-0.25, -0.2) is 0 Å². The molecule has 1 amide bonds. The lowest BCUT2D eigenvalue weighted by atomic mass is 10.1. The summed E-state index contributed by atoms with van der Waals surface area (Å²) in [6.07, 6.45) is 0. The molecule has 0 atom stereocenters. The monoisotopic (exact) mass is 341 g/mol. The molecular weight excluding hydrogens is 326 g/mol. The van der Waals surface area contributed by atoms with Crippen LogP contribution in [-0.2, 0) is 0 Å². The lowest BCUT2D eigenvalue weighted by molar-refractivity contribution is 0.102. The van der Waals surface area contributed by atoms with Crippen LogP contribution in [0.2, 0.25) is 0 Å². The molecule has 0 aliphatic rings. The van der Waals surface area contributed by atoms with Crippen LogP contribution in [0.3, 0.4) is 0 Å². The molecule has 1 heterocycles. The van der Waals surface area contributed by atoms with Gasteiger partial charge in [-0.1, -0.05) is 0 Å². The number of nitrogens with one attached hydrogen (secondary N) is 3. The molecular formula is C17H15N3O3S. The number of carbonyl (C=O) groups excluding carboxylic acids is 1. The Hall–Kier alpha value is -2.93. The Balaban J connectivity index is 1.92. The van der Waals surface area contributed by atoms with E-state index < -0.39 is 0 Å². The van der Waals surface area contributed by atoms with Gasteiger partial charge in [-0.15, -0.1) is 0 Å². The summed E-state index contributed by atoms with van der Waals surface area (Å²) in [7, 11) is 1.60. The first-order valence-corrected chi connectivity index (χ1v) is 7.61. The highest BCUT2D eigenvalue weighted by Crippen LogP contribution is 2.22. The van der Waals surface area contributed by atoms with Crippen molar-refractivity contribution in [2.75, 3.05) is 12.4 Å². The van der Waals surface area contributed by atoms with Crippen LogP contribution in [-0.4, -0.2) is 23.0 Å². The highest BCUT2D eigenvalue weighted by Gasteiger charge is 2.09. The zero-order valence-electron chi connectivity index (χ0n) is 13.1. The third-order valence-corrected chi connectivity index (χ3v) is 3.86. The maximum Gasteiger partial charge on any atom is 0.259 e. The molecule has 1 aromatic heterocycles. The Bertz CT molecular complexity index is 1050. The van der Waals surface area contributed by atoms with Crippen molar-refractivity contribution >= 4 is 34.7 Å². The Kier molecular flexibility index (Phi) is 4.18. The van der Waals surface area contributed by atoms with Crippen LogP contribution in [0.15, 0.2) is 41.2 Å². The molecule has 3 N–H and O–H groups in total. The number of aryl methyl sites for hydroxylation is 1. The predicted molar refractivity (Wildman–Crippen MR) is 95.4 cm³/mol. The second-order valence-electron chi connectivity index (χ2n) is 5.31. The zero-order valence-corrected chi connectivity index (χ0v) is 13.9. The number of ether oxygens (including phenoxy) is 1. The maximum absolute atomic E-state index is 12.4. The number of anilines is 1. The molecule has 0 saturated heterocycles. The summed E-state index contributed by atoms with van der Waals surface area (Å²) in [5.41, 5.74) is 2.24. The summed E-state index contributed by atoms with van der Waals surface area (Å²) < 4.78 is 5.42. The van der Waals surface area contributed by atoms with Crippen LogP contribution >= 0.6 is 12.2 Å². The number of benzene rings is 2. The largest absolute Gasteiger partial charge is 0.496 e. The van der Waals surface area contributed by atoms with E-state index in [0.717, 1.165) is 11.3 Å². The third-order valence-electron chi connectivity index (χ3n) is 3.65. The topological polar surface area (TPSA) is 87.0 Å². The summed E-state index contributed by atoms with van der Waals surface area (Å²) in [5.74, 6) is 0.478. The first-order chi connectivity index (χ1) is 11.5. The summed E-state index contributed by atoms with van der Waals surface area (Å²) in [5, 5.41) is 3.27. The van der Waals surface area contributed by atoms with Crippen LogP contribution in [0.25, 0.3) is 10.9 Å². The molecule has 0 saturated carbocycles. The van der Waals surface area contributed by atoms with Gasteiger partial charge in [-0.05, 0) is 61.1 Å². The molecule has 7 heteroatoms. The molecule has 122 valence electrons. The van der Waals surface area contributed by atoms with Gasteiger partial charge in [-0.2, -0.15) is 0 Å². The van der Waals surface area contributed by atoms with Crippen LogP contribution in [0.4, 0.5) is 5.69 Å². The molecule has 0 unspecified atom stereocenters. The number of hydrogen-bond acceptors (Lipinski definition) is 4. The molecule has 2 aromatic carbocycles. The van der Waals surface area contributed by atoms with Crippen molar-refractivity contribution in [1.29, 1.82) is 0 Å². The van der Waals surface area contributed by atoms with Gasteiger partial charge in [0.1, 0.15) is 5.75 Å². The van der Waals surface area contributed by atoms with E-state index in [1.165, 1.54) is 0 Å². The van der Waals surface area contributed by atoms with Gasteiger partial charge < -0.3 is 15.0 Å². The summed E-state index contributed by atoms with van der Waals surface area (Å²) in [4.78, 5) is 29.6. The number of fused-ring (bicyclic) bond motifs is 1. The predicted octanol–water partition coefficient (Wildman–Crippen LogP) is 3.16. The highest BCUT2D eigenvalue weighted by atomic mass is 32.1. The van der Waals surface area contributed by atoms with E-state index in [-0.39, 0.29) is 16.2 Å². The van der Waals surface area contributed by atoms with Gasteiger partial charge >= 0.3 is 0 Å². The average Bonchev–Trinajstić information content (AvgIpc) is 2.54. The number of H-pyrrole nitrogens is 2. The Labute approximate surface area is 142 Å². The summed E-state index contributed by atoms with van der Waals surface area (Å²) in [6, 6.07) is 10.2. The molecule has 6 nitrogen and oxygen atoms in total. The first kappa shape index (κ1) is 15.9. The molecule has 0 radical (unpaired) electrons. The van der Waals surface area contributed by atoms with E-state index in [0.29, 0.717) is 22.2 Å². The van der Waals surface area contributed by atoms with Crippen molar-refractivity contribution in [2.24, 2.45) is 0 Å². The molecule has 24 heavy (non-hydrogen) atoms. The minimum atomic E-state index is -0.286. The molecule has 3 rings (SSSR count). The van der Waals surface area contributed by atoms with E-state index in [1.807, 2.05) is 13.0 Å². The van der Waals surface area contributed by atoms with E-state index >= 15 is 0 Å². The SMILES string of the molecule is COc1ccc(NC(=O)c2ccc3c(=O)[nH]c(=S)[nH]c3c2)cc1C. The normalized spacial score (nSPS) is 10.6. The Morgan fingerprint density at radius 2 is 1.96 bits per heavy atom. The number of aromatic amines is 2. The van der Waals surface area contributed by atoms with Crippen molar-refractivity contribution < 1.29 is 9.53 Å². The quantitative estimate of drug-likeness (QED) is 0.639. The Morgan fingerprint density at radius 3 is 2.67 bits per heavy atom. The minimum absolute atomic E-state index is 0.218. The Morgan fingerprint density at radius 1 is 1.17 bits per heavy atom. The molecule has 0 spiro atoms. The zero-order chi connectivity index (χ0) is 17.3. The number of amides is 1. The van der Waals surface area contributed by atoms with Crippen LogP contribution in [0.5, 0.6) is 5.75 Å². The number of hydrogen-bond donors (Lipinski definition) is 3. The fourth-order valence-electron chi connectivity index (χ4n) is 2.47. The van der Waals surface area contributed by atoms with E-state index in [9.17, 15) is 9.59 Å². The van der Waals surface area contributed by atoms with Crippen LogP contribution in [0, 0.1) is 11.7 Å². The maximum atomic E-state index is 12.4. The number of methoxy groups -OCH3 is 1. The van der Waals surface area contributed by atoms with Gasteiger partial charge in [0.2, 0.25) is 0 Å².